The van der Waals surface area contributed by atoms with E-state index in [1.807, 2.05) is 23.1 Å². The smallest absolute Gasteiger partial charge is 0.322 e. The van der Waals surface area contributed by atoms with Gasteiger partial charge in [0.05, 0.1) is 14.2 Å². The van der Waals surface area contributed by atoms with Gasteiger partial charge in [-0.05, 0) is 63.6 Å². The van der Waals surface area contributed by atoms with E-state index in [9.17, 15) is 4.79 Å². The zero-order valence-electron chi connectivity index (χ0n) is 25.2. The molecule has 5 nitrogen and oxygen atoms in total. The largest absolute Gasteiger partial charge is 0.493 e. The van der Waals surface area contributed by atoms with Crippen LogP contribution in [0.2, 0.25) is 0 Å². The predicted molar refractivity (Wildman–Crippen MR) is 162 cm³/mol. The third-order valence-corrected chi connectivity index (χ3v) is 7.20. The second-order valence-electron chi connectivity index (χ2n) is 11.9. The van der Waals surface area contributed by atoms with E-state index in [1.54, 1.807) is 14.2 Å². The molecular weight excluding hydrogens is 484 g/mol. The number of hydrogen-bond acceptors (Lipinski definition) is 3. The molecular formula is C34H46N2O3. The van der Waals surface area contributed by atoms with Crippen molar-refractivity contribution in [3.8, 4) is 11.5 Å². The Hall–Kier alpha value is -3.47. The van der Waals surface area contributed by atoms with Gasteiger partial charge in [-0.1, -0.05) is 97.0 Å². The van der Waals surface area contributed by atoms with Crippen LogP contribution in [-0.2, 0) is 18.4 Å². The predicted octanol–water partition coefficient (Wildman–Crippen LogP) is 8.52. The van der Waals surface area contributed by atoms with Crippen molar-refractivity contribution in [1.29, 1.82) is 0 Å². The topological polar surface area (TPSA) is 50.8 Å². The Labute approximate surface area is 235 Å². The summed E-state index contributed by atoms with van der Waals surface area (Å²) >= 11 is 0. The Balaban J connectivity index is 1.91. The summed E-state index contributed by atoms with van der Waals surface area (Å²) in [4.78, 5) is 15.8. The van der Waals surface area contributed by atoms with Crippen molar-refractivity contribution in [2.45, 2.75) is 78.7 Å². The van der Waals surface area contributed by atoms with Gasteiger partial charge in [0, 0.05) is 18.8 Å². The first kappa shape index (κ1) is 30.1. The van der Waals surface area contributed by atoms with E-state index in [4.69, 9.17) is 9.47 Å². The maximum Gasteiger partial charge on any atom is 0.322 e. The van der Waals surface area contributed by atoms with E-state index >= 15 is 0 Å². The van der Waals surface area contributed by atoms with Gasteiger partial charge in [0.2, 0.25) is 0 Å². The fourth-order valence-corrected chi connectivity index (χ4v) is 4.76. The van der Waals surface area contributed by atoms with Gasteiger partial charge < -0.3 is 19.7 Å². The number of para-hydroxylation sites is 1. The summed E-state index contributed by atoms with van der Waals surface area (Å²) in [5.41, 5.74) is 6.79. The standard InChI is InChI=1S/C34H46N2O3/c1-23(2)28-11-10-12-29(24(3)4)32(28)35-33(37)36(22-26-13-16-27(17-14-26)34(5,6)7)20-19-25-15-18-30(38-8)31(21-25)39-9/h10-18,21,23-24H,19-20,22H2,1-9H3,(H,35,37). The van der Waals surface area contributed by atoms with E-state index < -0.39 is 0 Å². The van der Waals surface area contributed by atoms with Gasteiger partial charge in [-0.2, -0.15) is 0 Å². The molecule has 210 valence electrons. The molecule has 0 saturated heterocycles. The molecule has 0 aliphatic rings. The molecule has 0 unspecified atom stereocenters. The Morgan fingerprint density at radius 3 is 1.90 bits per heavy atom. The fraction of sp³-hybridized carbons (Fsp3) is 0.441. The number of carbonyl (C=O) groups excluding carboxylic acids is 1. The molecule has 0 radical (unpaired) electrons. The molecule has 5 heteroatoms. The van der Waals surface area contributed by atoms with Crippen LogP contribution in [-0.4, -0.2) is 31.7 Å². The molecule has 0 fully saturated rings. The fourth-order valence-electron chi connectivity index (χ4n) is 4.76. The molecule has 0 bridgehead atoms. The van der Waals surface area contributed by atoms with Gasteiger partial charge in [-0.25, -0.2) is 4.79 Å². The van der Waals surface area contributed by atoms with Crippen molar-refractivity contribution in [2.24, 2.45) is 0 Å². The average Bonchev–Trinajstić information content (AvgIpc) is 2.90. The highest BCUT2D eigenvalue weighted by Crippen LogP contribution is 2.33. The highest BCUT2D eigenvalue weighted by molar-refractivity contribution is 5.91. The van der Waals surface area contributed by atoms with Crippen LogP contribution in [0.5, 0.6) is 11.5 Å². The summed E-state index contributed by atoms with van der Waals surface area (Å²) in [5.74, 6) is 1.98. The number of ether oxygens (including phenoxy) is 2. The van der Waals surface area contributed by atoms with E-state index in [0.717, 1.165) is 27.9 Å². The van der Waals surface area contributed by atoms with E-state index in [1.165, 1.54) is 5.56 Å². The minimum atomic E-state index is -0.0922. The van der Waals surface area contributed by atoms with E-state index in [-0.39, 0.29) is 11.4 Å². The van der Waals surface area contributed by atoms with Crippen molar-refractivity contribution >= 4 is 11.7 Å². The highest BCUT2D eigenvalue weighted by Gasteiger charge is 2.21. The molecule has 0 spiro atoms. The normalized spacial score (nSPS) is 11.6. The van der Waals surface area contributed by atoms with Crippen LogP contribution >= 0.6 is 0 Å². The van der Waals surface area contributed by atoms with Crippen molar-refractivity contribution in [2.75, 3.05) is 26.1 Å². The number of anilines is 1. The number of nitrogens with one attached hydrogen (secondary N) is 1. The lowest BCUT2D eigenvalue weighted by Gasteiger charge is -2.27. The van der Waals surface area contributed by atoms with Crippen LogP contribution in [0, 0.1) is 0 Å². The molecule has 0 aliphatic carbocycles. The van der Waals surface area contributed by atoms with E-state index in [2.05, 4.69) is 96.2 Å². The molecule has 0 aliphatic heterocycles. The monoisotopic (exact) mass is 530 g/mol. The average molecular weight is 531 g/mol. The molecule has 0 aromatic heterocycles. The molecule has 1 N–H and O–H groups in total. The van der Waals surface area contributed by atoms with Gasteiger partial charge in [0.15, 0.2) is 11.5 Å². The summed E-state index contributed by atoms with van der Waals surface area (Å²) < 4.78 is 10.9. The quantitative estimate of drug-likeness (QED) is 0.286. The number of carbonyl (C=O) groups is 1. The molecule has 0 heterocycles. The van der Waals surface area contributed by atoms with Crippen LogP contribution in [0.4, 0.5) is 10.5 Å². The van der Waals surface area contributed by atoms with Gasteiger partial charge in [0.25, 0.3) is 0 Å². The Morgan fingerprint density at radius 2 is 1.38 bits per heavy atom. The van der Waals surface area contributed by atoms with Crippen LogP contribution in [0.1, 0.15) is 88.1 Å². The lowest BCUT2D eigenvalue weighted by Crippen LogP contribution is -2.36. The molecule has 0 saturated carbocycles. The summed E-state index contributed by atoms with van der Waals surface area (Å²) in [6, 6.07) is 20.8. The third-order valence-electron chi connectivity index (χ3n) is 7.20. The second kappa shape index (κ2) is 13.1. The molecule has 3 aromatic rings. The summed E-state index contributed by atoms with van der Waals surface area (Å²) in [6.45, 7) is 16.4. The maximum atomic E-state index is 13.9. The van der Waals surface area contributed by atoms with Gasteiger partial charge in [-0.3, -0.25) is 0 Å². The number of benzene rings is 3. The van der Waals surface area contributed by atoms with Gasteiger partial charge >= 0.3 is 6.03 Å². The second-order valence-corrected chi connectivity index (χ2v) is 11.9. The summed E-state index contributed by atoms with van der Waals surface area (Å²) in [6.07, 6.45) is 0.691. The Morgan fingerprint density at radius 1 is 0.821 bits per heavy atom. The zero-order valence-corrected chi connectivity index (χ0v) is 25.2. The number of urea groups is 1. The Bertz CT molecular complexity index is 1210. The minimum Gasteiger partial charge on any atom is -0.493 e. The van der Waals surface area contributed by atoms with Gasteiger partial charge in [0.1, 0.15) is 0 Å². The highest BCUT2D eigenvalue weighted by atomic mass is 16.5. The number of hydrogen-bond donors (Lipinski definition) is 1. The first-order valence-corrected chi connectivity index (χ1v) is 13.9. The number of nitrogens with zero attached hydrogens (tertiary/aromatic N) is 1. The van der Waals surface area contributed by atoms with Crippen LogP contribution in [0.25, 0.3) is 0 Å². The first-order valence-electron chi connectivity index (χ1n) is 13.9. The lowest BCUT2D eigenvalue weighted by atomic mass is 9.87. The summed E-state index contributed by atoms with van der Waals surface area (Å²) in [5, 5.41) is 3.32. The van der Waals surface area contributed by atoms with E-state index in [0.29, 0.717) is 42.8 Å². The SMILES string of the molecule is COc1ccc(CCN(Cc2ccc(C(C)(C)C)cc2)C(=O)Nc2c(C(C)C)cccc2C(C)C)cc1OC. The van der Waals surface area contributed by atoms with Crippen molar-refractivity contribution in [3.63, 3.8) is 0 Å². The van der Waals surface area contributed by atoms with Crippen LogP contribution in [0.15, 0.2) is 60.7 Å². The number of rotatable bonds is 10. The van der Waals surface area contributed by atoms with Crippen molar-refractivity contribution in [1.82, 2.24) is 4.90 Å². The molecule has 3 aromatic carbocycles. The molecule has 39 heavy (non-hydrogen) atoms. The van der Waals surface area contributed by atoms with Gasteiger partial charge in [-0.15, -0.1) is 0 Å². The van der Waals surface area contributed by atoms with Crippen molar-refractivity contribution < 1.29 is 14.3 Å². The van der Waals surface area contributed by atoms with Crippen LogP contribution in [0.3, 0.4) is 0 Å². The number of methoxy groups -OCH3 is 2. The van der Waals surface area contributed by atoms with Crippen LogP contribution < -0.4 is 14.8 Å². The molecule has 0 atom stereocenters. The number of amides is 2. The summed E-state index contributed by atoms with van der Waals surface area (Å²) in [7, 11) is 3.27. The minimum absolute atomic E-state index is 0.0802. The molecule has 2 amide bonds. The third kappa shape index (κ3) is 7.78. The Kier molecular flexibility index (Phi) is 10.1. The zero-order chi connectivity index (χ0) is 28.7. The van der Waals surface area contributed by atoms with Crippen molar-refractivity contribution in [3.05, 3.63) is 88.5 Å². The lowest BCUT2D eigenvalue weighted by molar-refractivity contribution is 0.209. The molecule has 3 rings (SSSR count). The first-order chi connectivity index (χ1) is 18.4. The maximum absolute atomic E-state index is 13.9.